The lowest BCUT2D eigenvalue weighted by molar-refractivity contribution is 0.120. The number of nitrogens with one attached hydrogen (secondary N) is 2. The predicted octanol–water partition coefficient (Wildman–Crippen LogP) is 3.64. The summed E-state index contributed by atoms with van der Waals surface area (Å²) in [6.07, 6.45) is 2.08. The predicted molar refractivity (Wildman–Crippen MR) is 88.7 cm³/mol. The average Bonchev–Trinajstić information content (AvgIpc) is 3.26. The van der Waals surface area contributed by atoms with E-state index in [0.29, 0.717) is 12.5 Å². The van der Waals surface area contributed by atoms with Crippen LogP contribution in [-0.4, -0.2) is 24.3 Å². The van der Waals surface area contributed by atoms with Crippen molar-refractivity contribution in [2.24, 2.45) is 5.92 Å². The standard InChI is InChI=1S/C18H28N2O2/c1-13(14-8-6-5-7-9-14)19-16(15-10-11-15)12-22-17(21)20-18(2,3)4/h5-9,13,15-16,19H,10-12H2,1-4H3,(H,20,21). The highest BCUT2D eigenvalue weighted by molar-refractivity contribution is 5.68. The van der Waals surface area contributed by atoms with Gasteiger partial charge < -0.3 is 15.4 Å². The van der Waals surface area contributed by atoms with Gasteiger partial charge in [0, 0.05) is 17.6 Å². The molecule has 22 heavy (non-hydrogen) atoms. The summed E-state index contributed by atoms with van der Waals surface area (Å²) in [4.78, 5) is 11.8. The van der Waals surface area contributed by atoms with Gasteiger partial charge in [-0.25, -0.2) is 4.79 Å². The Hall–Kier alpha value is -1.55. The summed E-state index contributed by atoms with van der Waals surface area (Å²) < 4.78 is 5.41. The van der Waals surface area contributed by atoms with Crippen molar-refractivity contribution in [2.75, 3.05) is 6.61 Å². The zero-order valence-electron chi connectivity index (χ0n) is 14.1. The molecule has 4 nitrogen and oxygen atoms in total. The molecule has 2 unspecified atom stereocenters. The van der Waals surface area contributed by atoms with Crippen molar-refractivity contribution in [3.63, 3.8) is 0 Å². The van der Waals surface area contributed by atoms with E-state index in [4.69, 9.17) is 4.74 Å². The molecule has 0 heterocycles. The SMILES string of the molecule is CC(NC(COC(=O)NC(C)(C)C)C1CC1)c1ccccc1. The number of hydrogen-bond donors (Lipinski definition) is 2. The molecule has 2 N–H and O–H groups in total. The van der Waals surface area contributed by atoms with E-state index in [1.165, 1.54) is 18.4 Å². The van der Waals surface area contributed by atoms with Crippen molar-refractivity contribution < 1.29 is 9.53 Å². The molecular formula is C18H28N2O2. The molecule has 1 saturated carbocycles. The molecule has 1 fully saturated rings. The van der Waals surface area contributed by atoms with Crippen molar-refractivity contribution >= 4 is 6.09 Å². The molecule has 1 aromatic rings. The van der Waals surface area contributed by atoms with Crippen LogP contribution in [0.15, 0.2) is 30.3 Å². The van der Waals surface area contributed by atoms with E-state index in [-0.39, 0.29) is 23.7 Å². The minimum Gasteiger partial charge on any atom is -0.448 e. The van der Waals surface area contributed by atoms with Gasteiger partial charge in [0.15, 0.2) is 0 Å². The summed E-state index contributed by atoms with van der Waals surface area (Å²) in [5, 5.41) is 6.44. The van der Waals surface area contributed by atoms with E-state index in [2.05, 4.69) is 29.7 Å². The molecule has 1 amide bonds. The van der Waals surface area contributed by atoms with Crippen LogP contribution in [-0.2, 0) is 4.74 Å². The molecule has 122 valence electrons. The molecule has 0 radical (unpaired) electrons. The fraction of sp³-hybridized carbons (Fsp3) is 0.611. The van der Waals surface area contributed by atoms with E-state index in [0.717, 1.165) is 0 Å². The Balaban J connectivity index is 1.84. The zero-order chi connectivity index (χ0) is 16.2. The smallest absolute Gasteiger partial charge is 0.407 e. The quantitative estimate of drug-likeness (QED) is 0.843. The zero-order valence-corrected chi connectivity index (χ0v) is 14.1. The number of benzene rings is 1. The molecule has 4 heteroatoms. The van der Waals surface area contributed by atoms with Gasteiger partial charge in [-0.05, 0) is 52.0 Å². The van der Waals surface area contributed by atoms with E-state index in [9.17, 15) is 4.79 Å². The Bertz CT molecular complexity index is 478. The molecule has 2 rings (SSSR count). The maximum absolute atomic E-state index is 11.8. The topological polar surface area (TPSA) is 50.4 Å². The number of hydrogen-bond acceptors (Lipinski definition) is 3. The van der Waals surface area contributed by atoms with Gasteiger partial charge >= 0.3 is 6.09 Å². The third-order valence-corrected chi connectivity index (χ3v) is 3.83. The second-order valence-electron chi connectivity index (χ2n) is 7.22. The first kappa shape index (κ1) is 16.8. The van der Waals surface area contributed by atoms with Crippen LogP contribution in [0.5, 0.6) is 0 Å². The maximum atomic E-state index is 11.8. The Morgan fingerprint density at radius 2 is 1.91 bits per heavy atom. The van der Waals surface area contributed by atoms with Gasteiger partial charge in [-0.3, -0.25) is 0 Å². The number of ether oxygens (including phenoxy) is 1. The van der Waals surface area contributed by atoms with E-state index in [1.54, 1.807) is 0 Å². The van der Waals surface area contributed by atoms with Crippen LogP contribution in [0.2, 0.25) is 0 Å². The summed E-state index contributed by atoms with van der Waals surface area (Å²) in [6, 6.07) is 10.8. The lowest BCUT2D eigenvalue weighted by Crippen LogP contribution is -2.44. The number of carbonyl (C=O) groups is 1. The average molecular weight is 304 g/mol. The van der Waals surface area contributed by atoms with Crippen LogP contribution < -0.4 is 10.6 Å². The van der Waals surface area contributed by atoms with Crippen molar-refractivity contribution in [2.45, 2.75) is 58.2 Å². The van der Waals surface area contributed by atoms with Gasteiger partial charge in [0.2, 0.25) is 0 Å². The van der Waals surface area contributed by atoms with Crippen molar-refractivity contribution in [1.29, 1.82) is 0 Å². The highest BCUT2D eigenvalue weighted by Crippen LogP contribution is 2.34. The van der Waals surface area contributed by atoms with Crippen LogP contribution >= 0.6 is 0 Å². The number of alkyl carbamates (subject to hydrolysis) is 1. The first-order valence-electron chi connectivity index (χ1n) is 8.11. The highest BCUT2D eigenvalue weighted by atomic mass is 16.5. The fourth-order valence-corrected chi connectivity index (χ4v) is 2.49. The van der Waals surface area contributed by atoms with Crippen LogP contribution in [0.4, 0.5) is 4.79 Å². The van der Waals surface area contributed by atoms with Gasteiger partial charge in [0.05, 0.1) is 0 Å². The Kier molecular flexibility index (Phi) is 5.46. The normalized spacial score (nSPS) is 17.6. The van der Waals surface area contributed by atoms with Gasteiger partial charge in [-0.2, -0.15) is 0 Å². The third kappa shape index (κ3) is 5.68. The first-order valence-corrected chi connectivity index (χ1v) is 8.11. The van der Waals surface area contributed by atoms with Crippen molar-refractivity contribution in [1.82, 2.24) is 10.6 Å². The van der Waals surface area contributed by atoms with Crippen molar-refractivity contribution in [3.05, 3.63) is 35.9 Å². The summed E-state index contributed by atoms with van der Waals surface area (Å²) >= 11 is 0. The van der Waals surface area contributed by atoms with Gasteiger partial charge in [0.25, 0.3) is 0 Å². The van der Waals surface area contributed by atoms with Crippen LogP contribution in [0.25, 0.3) is 0 Å². The molecule has 0 spiro atoms. The Morgan fingerprint density at radius 3 is 2.45 bits per heavy atom. The molecule has 1 aliphatic carbocycles. The number of carbonyl (C=O) groups excluding carboxylic acids is 1. The maximum Gasteiger partial charge on any atom is 0.407 e. The number of amides is 1. The summed E-state index contributed by atoms with van der Waals surface area (Å²) in [6.45, 7) is 8.41. The molecule has 0 saturated heterocycles. The lowest BCUT2D eigenvalue weighted by Gasteiger charge is -2.25. The summed E-state index contributed by atoms with van der Waals surface area (Å²) in [7, 11) is 0. The molecule has 2 atom stereocenters. The second kappa shape index (κ2) is 7.14. The molecule has 0 aliphatic heterocycles. The highest BCUT2D eigenvalue weighted by Gasteiger charge is 2.33. The Labute approximate surface area is 133 Å². The van der Waals surface area contributed by atoms with E-state index in [1.807, 2.05) is 39.0 Å². The van der Waals surface area contributed by atoms with Crippen LogP contribution in [0.3, 0.4) is 0 Å². The molecule has 1 aromatic carbocycles. The second-order valence-corrected chi connectivity index (χ2v) is 7.22. The van der Waals surface area contributed by atoms with Gasteiger partial charge in [-0.1, -0.05) is 30.3 Å². The van der Waals surface area contributed by atoms with E-state index >= 15 is 0 Å². The van der Waals surface area contributed by atoms with Crippen molar-refractivity contribution in [3.8, 4) is 0 Å². The lowest BCUT2D eigenvalue weighted by atomic mass is 10.1. The minimum atomic E-state index is -0.340. The third-order valence-electron chi connectivity index (χ3n) is 3.83. The van der Waals surface area contributed by atoms with Gasteiger partial charge in [-0.15, -0.1) is 0 Å². The molecule has 1 aliphatic rings. The molecular weight excluding hydrogens is 276 g/mol. The molecule has 0 bridgehead atoms. The first-order chi connectivity index (χ1) is 10.3. The van der Waals surface area contributed by atoms with E-state index < -0.39 is 0 Å². The van der Waals surface area contributed by atoms with Gasteiger partial charge in [0.1, 0.15) is 6.61 Å². The fourth-order valence-electron chi connectivity index (χ4n) is 2.49. The molecule has 0 aromatic heterocycles. The summed E-state index contributed by atoms with van der Waals surface area (Å²) in [5.74, 6) is 0.619. The summed E-state index contributed by atoms with van der Waals surface area (Å²) in [5.41, 5.74) is 0.990. The van der Waals surface area contributed by atoms with Crippen LogP contribution in [0, 0.1) is 5.92 Å². The number of rotatable bonds is 6. The Morgan fingerprint density at radius 1 is 1.27 bits per heavy atom. The largest absolute Gasteiger partial charge is 0.448 e. The van der Waals surface area contributed by atoms with Crippen LogP contribution in [0.1, 0.15) is 52.1 Å². The minimum absolute atomic E-state index is 0.223. The monoisotopic (exact) mass is 304 g/mol.